The number of halogens is 1. The summed E-state index contributed by atoms with van der Waals surface area (Å²) in [6.45, 7) is 0.611. The molecule has 0 aliphatic carbocycles. The van der Waals surface area contributed by atoms with Crippen molar-refractivity contribution in [3.63, 3.8) is 0 Å². The number of nitrogens with two attached hydrogens (primary N) is 1. The summed E-state index contributed by atoms with van der Waals surface area (Å²) < 4.78 is 2.97. The number of hydrogen-bond donors (Lipinski definition) is 1. The van der Waals surface area contributed by atoms with Crippen molar-refractivity contribution >= 4 is 38.5 Å². The maximum atomic E-state index is 12.0. The Morgan fingerprint density at radius 1 is 1.05 bits per heavy atom. The predicted molar refractivity (Wildman–Crippen MR) is 88.7 cm³/mol. The van der Waals surface area contributed by atoms with Crippen LogP contribution in [0.25, 0.3) is 10.9 Å². The molecule has 3 aromatic rings. The number of carbonyl (C=O) groups excluding carboxylic acids is 2. The van der Waals surface area contributed by atoms with Gasteiger partial charge in [0.1, 0.15) is 0 Å². The number of fused-ring (bicyclic) bond motifs is 1. The number of aromatic nitrogens is 1. The van der Waals surface area contributed by atoms with Crippen LogP contribution in [0.5, 0.6) is 0 Å². The Labute approximate surface area is 135 Å². The highest BCUT2D eigenvalue weighted by Crippen LogP contribution is 2.23. The van der Waals surface area contributed by atoms with E-state index in [0.29, 0.717) is 12.1 Å². The van der Waals surface area contributed by atoms with Gasteiger partial charge >= 0.3 is 0 Å². The Kier molecular flexibility index (Phi) is 3.81. The summed E-state index contributed by atoms with van der Waals surface area (Å²) in [5, 5.41) is 0.739. The Morgan fingerprint density at radius 3 is 2.41 bits per heavy atom. The first-order valence-corrected chi connectivity index (χ1v) is 7.52. The van der Waals surface area contributed by atoms with Crippen LogP contribution in [-0.4, -0.2) is 16.3 Å². The van der Waals surface area contributed by atoms with E-state index in [1.807, 2.05) is 53.1 Å². The van der Waals surface area contributed by atoms with Gasteiger partial charge < -0.3 is 10.3 Å². The average Bonchev–Trinajstić information content (AvgIpc) is 2.88. The number of carbonyl (C=O) groups is 2. The number of benzene rings is 2. The van der Waals surface area contributed by atoms with Crippen molar-refractivity contribution in [1.82, 2.24) is 4.57 Å². The molecule has 0 bridgehead atoms. The van der Waals surface area contributed by atoms with Crippen molar-refractivity contribution in [3.8, 4) is 0 Å². The highest BCUT2D eigenvalue weighted by Gasteiger charge is 2.18. The fraction of sp³-hybridized carbons (Fsp3) is 0.0588. The van der Waals surface area contributed by atoms with Gasteiger partial charge in [-0.3, -0.25) is 9.59 Å². The fourth-order valence-electron chi connectivity index (χ4n) is 2.48. The van der Waals surface area contributed by atoms with Gasteiger partial charge in [-0.1, -0.05) is 46.3 Å². The minimum atomic E-state index is -0.938. The molecule has 1 aromatic heterocycles. The highest BCUT2D eigenvalue weighted by molar-refractivity contribution is 9.10. The zero-order chi connectivity index (χ0) is 15.7. The van der Waals surface area contributed by atoms with Crippen LogP contribution in [0.1, 0.15) is 15.9 Å². The Bertz CT molecular complexity index is 866. The van der Waals surface area contributed by atoms with E-state index in [0.717, 1.165) is 20.9 Å². The van der Waals surface area contributed by atoms with Crippen LogP contribution in [0.15, 0.2) is 59.2 Å². The molecule has 1 heterocycles. The number of Topliss-reactive ketones (excluding diaryl/α,β-unsaturated/α-hetero) is 1. The number of primary amides is 1. The van der Waals surface area contributed by atoms with Crippen LogP contribution in [0.3, 0.4) is 0 Å². The molecule has 0 aliphatic heterocycles. The van der Waals surface area contributed by atoms with Gasteiger partial charge in [-0.15, -0.1) is 0 Å². The van der Waals surface area contributed by atoms with E-state index in [2.05, 4.69) is 15.9 Å². The first-order valence-electron chi connectivity index (χ1n) is 6.72. The summed E-state index contributed by atoms with van der Waals surface area (Å²) in [4.78, 5) is 23.2. The van der Waals surface area contributed by atoms with E-state index in [4.69, 9.17) is 5.73 Å². The predicted octanol–water partition coefficient (Wildman–Crippen LogP) is 3.12. The molecule has 4 nitrogen and oxygen atoms in total. The summed E-state index contributed by atoms with van der Waals surface area (Å²) in [7, 11) is 0. The first-order chi connectivity index (χ1) is 10.6. The molecule has 0 saturated heterocycles. The maximum absolute atomic E-state index is 12.0. The molecule has 22 heavy (non-hydrogen) atoms. The maximum Gasteiger partial charge on any atom is 0.289 e. The Balaban J connectivity index is 2.08. The Hall–Kier alpha value is -2.40. The number of nitrogens with zero attached hydrogens (tertiary/aromatic N) is 1. The third kappa shape index (κ3) is 2.67. The molecule has 0 aliphatic rings. The van der Waals surface area contributed by atoms with E-state index >= 15 is 0 Å². The fourth-order valence-corrected chi connectivity index (χ4v) is 2.74. The highest BCUT2D eigenvalue weighted by atomic mass is 79.9. The molecule has 110 valence electrons. The van der Waals surface area contributed by atoms with Crippen LogP contribution >= 0.6 is 15.9 Å². The molecule has 1 amide bonds. The van der Waals surface area contributed by atoms with E-state index in [9.17, 15) is 9.59 Å². The standard InChI is InChI=1S/C17H13BrN2O2/c18-12-7-5-11(6-8-12)9-20-10-14(16(21)17(19)22)13-3-1-2-4-15(13)20/h1-8,10H,9H2,(H2,19,22). The molecule has 2 aromatic carbocycles. The first kappa shape index (κ1) is 14.5. The second-order valence-electron chi connectivity index (χ2n) is 5.01. The molecule has 0 radical (unpaired) electrons. The lowest BCUT2D eigenvalue weighted by molar-refractivity contribution is -0.114. The molecule has 0 saturated carbocycles. The summed E-state index contributed by atoms with van der Waals surface area (Å²) in [5.74, 6) is -1.60. The molecule has 0 fully saturated rings. The molecular weight excluding hydrogens is 344 g/mol. The lowest BCUT2D eigenvalue weighted by atomic mass is 10.1. The lowest BCUT2D eigenvalue weighted by Crippen LogP contribution is -2.22. The van der Waals surface area contributed by atoms with Gasteiger partial charge in [-0.2, -0.15) is 0 Å². The van der Waals surface area contributed by atoms with Crippen molar-refractivity contribution in [3.05, 3.63) is 70.3 Å². The molecule has 2 N–H and O–H groups in total. The third-order valence-corrected chi connectivity index (χ3v) is 4.05. The van der Waals surface area contributed by atoms with E-state index in [1.165, 1.54) is 0 Å². The zero-order valence-corrected chi connectivity index (χ0v) is 13.2. The summed E-state index contributed by atoms with van der Waals surface area (Å²) >= 11 is 3.41. The normalized spacial score (nSPS) is 10.8. The van der Waals surface area contributed by atoms with Gasteiger partial charge in [0.2, 0.25) is 0 Å². The molecule has 0 atom stereocenters. The van der Waals surface area contributed by atoms with Gasteiger partial charge in [-0.25, -0.2) is 0 Å². The van der Waals surface area contributed by atoms with Crippen molar-refractivity contribution in [1.29, 1.82) is 0 Å². The smallest absolute Gasteiger partial charge is 0.289 e. The largest absolute Gasteiger partial charge is 0.363 e. The van der Waals surface area contributed by atoms with E-state index in [-0.39, 0.29) is 0 Å². The second kappa shape index (κ2) is 5.77. The van der Waals surface area contributed by atoms with Crippen LogP contribution in [0.4, 0.5) is 0 Å². The third-order valence-electron chi connectivity index (χ3n) is 3.52. The van der Waals surface area contributed by atoms with Crippen molar-refractivity contribution < 1.29 is 9.59 Å². The number of rotatable bonds is 4. The minimum absolute atomic E-state index is 0.347. The lowest BCUT2D eigenvalue weighted by Gasteiger charge is -2.05. The molecule has 3 rings (SSSR count). The number of para-hydroxylation sites is 1. The zero-order valence-electron chi connectivity index (χ0n) is 11.6. The summed E-state index contributed by atoms with van der Waals surface area (Å²) in [5.41, 5.74) is 7.48. The SMILES string of the molecule is NC(=O)C(=O)c1cn(Cc2ccc(Br)cc2)c2ccccc12. The topological polar surface area (TPSA) is 65.1 Å². The van der Waals surface area contributed by atoms with E-state index < -0.39 is 11.7 Å². The summed E-state index contributed by atoms with van der Waals surface area (Å²) in [6, 6.07) is 15.4. The minimum Gasteiger partial charge on any atom is -0.363 e. The number of hydrogen-bond acceptors (Lipinski definition) is 2. The monoisotopic (exact) mass is 356 g/mol. The van der Waals surface area contributed by atoms with Crippen molar-refractivity contribution in [2.75, 3.05) is 0 Å². The van der Waals surface area contributed by atoms with Crippen LogP contribution < -0.4 is 5.73 Å². The molecule has 0 spiro atoms. The number of amides is 1. The van der Waals surface area contributed by atoms with Gasteiger partial charge in [0.05, 0.1) is 5.56 Å². The van der Waals surface area contributed by atoms with Gasteiger partial charge in [0, 0.05) is 28.1 Å². The molecular formula is C17H13BrN2O2. The summed E-state index contributed by atoms with van der Waals surface area (Å²) in [6.07, 6.45) is 1.69. The molecule has 5 heteroatoms. The van der Waals surface area contributed by atoms with Gasteiger partial charge in [-0.05, 0) is 23.8 Å². The van der Waals surface area contributed by atoms with Crippen LogP contribution in [0, 0.1) is 0 Å². The van der Waals surface area contributed by atoms with E-state index in [1.54, 1.807) is 6.20 Å². The van der Waals surface area contributed by atoms with Crippen LogP contribution in [-0.2, 0) is 11.3 Å². The quantitative estimate of drug-likeness (QED) is 0.576. The Morgan fingerprint density at radius 2 is 1.73 bits per heavy atom. The number of ketones is 1. The second-order valence-corrected chi connectivity index (χ2v) is 5.92. The van der Waals surface area contributed by atoms with Crippen molar-refractivity contribution in [2.24, 2.45) is 5.73 Å². The average molecular weight is 357 g/mol. The van der Waals surface area contributed by atoms with Gasteiger partial charge in [0.25, 0.3) is 11.7 Å². The molecule has 0 unspecified atom stereocenters. The van der Waals surface area contributed by atoms with Crippen LogP contribution in [0.2, 0.25) is 0 Å². The van der Waals surface area contributed by atoms with Gasteiger partial charge in [0.15, 0.2) is 0 Å². The van der Waals surface area contributed by atoms with Crippen molar-refractivity contribution in [2.45, 2.75) is 6.54 Å².